The maximum Gasteiger partial charge on any atom is 0.311 e. The Morgan fingerprint density at radius 2 is 1.67 bits per heavy atom. The lowest BCUT2D eigenvalue weighted by atomic mass is 9.88. The quantitative estimate of drug-likeness (QED) is 0.342. The monoisotopic (exact) mass is 416 g/mol. The average Bonchev–Trinajstić information content (AvgIpc) is 2.68. The van der Waals surface area contributed by atoms with Crippen LogP contribution >= 0.6 is 0 Å². The molecule has 0 aliphatic carbocycles. The molecule has 0 spiro atoms. The molecule has 7 heteroatoms. The summed E-state index contributed by atoms with van der Waals surface area (Å²) in [5.74, 6) is -0.201. The van der Waals surface area contributed by atoms with Crippen LogP contribution in [0.4, 0.5) is 0 Å². The second kappa shape index (κ2) is 10.0. The number of phenolic OH excluding ortho intramolecular Hbond substituents is 2. The molecule has 0 amide bonds. The van der Waals surface area contributed by atoms with Crippen molar-refractivity contribution in [2.45, 2.75) is 33.6 Å². The minimum absolute atomic E-state index is 0.0682. The van der Waals surface area contributed by atoms with Crippen molar-refractivity contribution in [3.05, 3.63) is 47.5 Å². The fraction of sp³-hybridized carbons (Fsp3) is 0.391. The van der Waals surface area contributed by atoms with Crippen LogP contribution in [-0.4, -0.2) is 42.3 Å². The normalized spacial score (nSPS) is 11.1. The van der Waals surface area contributed by atoms with E-state index in [1.54, 1.807) is 21.0 Å². The molecule has 7 nitrogen and oxygen atoms in total. The number of benzene rings is 2. The molecule has 162 valence electrons. The first-order chi connectivity index (χ1) is 14.1. The molecule has 0 radical (unpaired) electrons. The van der Waals surface area contributed by atoms with Crippen LogP contribution in [0.3, 0.4) is 0 Å². The largest absolute Gasteiger partial charge is 0.508 e. The maximum absolute atomic E-state index is 12.4. The predicted molar refractivity (Wildman–Crippen MR) is 111 cm³/mol. The first-order valence-corrected chi connectivity index (χ1v) is 9.63. The minimum atomic E-state index is -0.804. The molecule has 0 bridgehead atoms. The molecule has 0 aliphatic rings. The van der Waals surface area contributed by atoms with E-state index in [4.69, 9.17) is 14.2 Å². The Morgan fingerprint density at radius 1 is 1.00 bits per heavy atom. The van der Waals surface area contributed by atoms with Gasteiger partial charge in [0.25, 0.3) is 0 Å². The predicted octanol–water partition coefficient (Wildman–Crippen LogP) is 4.03. The van der Waals surface area contributed by atoms with Crippen molar-refractivity contribution in [2.75, 3.05) is 20.3 Å². The molecular weight excluding hydrogens is 388 g/mol. The van der Waals surface area contributed by atoms with Gasteiger partial charge in [0.05, 0.1) is 19.1 Å². The molecular formula is C23H28O7. The highest BCUT2D eigenvalue weighted by Crippen LogP contribution is 2.29. The lowest BCUT2D eigenvalue weighted by Gasteiger charge is -2.22. The first kappa shape index (κ1) is 23.1. The summed E-state index contributed by atoms with van der Waals surface area (Å²) < 4.78 is 16.2. The number of aryl methyl sites for hydroxylation is 1. The molecule has 0 unspecified atom stereocenters. The Hall–Kier alpha value is -3.22. The second-order valence-electron chi connectivity index (χ2n) is 7.73. The van der Waals surface area contributed by atoms with Gasteiger partial charge < -0.3 is 24.4 Å². The van der Waals surface area contributed by atoms with Crippen molar-refractivity contribution in [1.29, 1.82) is 0 Å². The Labute approximate surface area is 176 Å². The third kappa shape index (κ3) is 6.40. The Kier molecular flexibility index (Phi) is 7.69. The van der Waals surface area contributed by atoms with Crippen molar-refractivity contribution in [1.82, 2.24) is 0 Å². The van der Waals surface area contributed by atoms with Gasteiger partial charge in [0.1, 0.15) is 11.5 Å². The zero-order valence-electron chi connectivity index (χ0n) is 17.7. The van der Waals surface area contributed by atoms with E-state index in [9.17, 15) is 19.8 Å². The SMILES string of the molecule is COc1ccc(C)cc1OCCCC(C)(C)C(=O)OCC(=O)c1cc(O)cc(O)c1. The molecule has 2 N–H and O–H groups in total. The molecule has 0 aromatic heterocycles. The number of esters is 1. The Balaban J connectivity index is 1.82. The van der Waals surface area contributed by atoms with E-state index in [0.717, 1.165) is 11.6 Å². The van der Waals surface area contributed by atoms with Crippen LogP contribution in [0.2, 0.25) is 0 Å². The van der Waals surface area contributed by atoms with Crippen molar-refractivity contribution in [2.24, 2.45) is 5.41 Å². The number of phenols is 2. The van der Waals surface area contributed by atoms with Crippen molar-refractivity contribution < 1.29 is 34.0 Å². The highest BCUT2D eigenvalue weighted by Gasteiger charge is 2.29. The number of Topliss-reactive ketones (excluding diaryl/α,β-unsaturated/α-hetero) is 1. The van der Waals surface area contributed by atoms with Crippen LogP contribution in [0.25, 0.3) is 0 Å². The topological polar surface area (TPSA) is 102 Å². The summed E-state index contributed by atoms with van der Waals surface area (Å²) in [5, 5.41) is 18.9. The Bertz CT molecular complexity index is 882. The van der Waals surface area contributed by atoms with E-state index in [1.165, 1.54) is 12.1 Å². The highest BCUT2D eigenvalue weighted by atomic mass is 16.5. The van der Waals surface area contributed by atoms with E-state index in [2.05, 4.69) is 0 Å². The van der Waals surface area contributed by atoms with Crippen LogP contribution in [0.5, 0.6) is 23.0 Å². The Morgan fingerprint density at radius 3 is 2.30 bits per heavy atom. The molecule has 2 aromatic rings. The summed E-state index contributed by atoms with van der Waals surface area (Å²) in [6.45, 7) is 5.38. The molecule has 2 rings (SSSR count). The molecule has 30 heavy (non-hydrogen) atoms. The third-order valence-electron chi connectivity index (χ3n) is 4.63. The molecule has 0 saturated heterocycles. The molecule has 0 heterocycles. The van der Waals surface area contributed by atoms with Gasteiger partial charge in [-0.25, -0.2) is 0 Å². The summed E-state index contributed by atoms with van der Waals surface area (Å²) >= 11 is 0. The van der Waals surface area contributed by atoms with Crippen LogP contribution in [0.15, 0.2) is 36.4 Å². The van der Waals surface area contributed by atoms with Crippen molar-refractivity contribution >= 4 is 11.8 Å². The summed E-state index contributed by atoms with van der Waals surface area (Å²) in [6, 6.07) is 9.19. The van der Waals surface area contributed by atoms with E-state index >= 15 is 0 Å². The number of methoxy groups -OCH3 is 1. The maximum atomic E-state index is 12.4. The number of rotatable bonds is 10. The van der Waals surface area contributed by atoms with Gasteiger partial charge in [0.2, 0.25) is 5.78 Å². The van der Waals surface area contributed by atoms with Crippen LogP contribution < -0.4 is 9.47 Å². The van der Waals surface area contributed by atoms with Crippen LogP contribution in [0, 0.1) is 12.3 Å². The third-order valence-corrected chi connectivity index (χ3v) is 4.63. The van der Waals surface area contributed by atoms with Crippen molar-refractivity contribution in [3.8, 4) is 23.0 Å². The highest BCUT2D eigenvalue weighted by molar-refractivity contribution is 5.98. The van der Waals surface area contributed by atoms with E-state index in [0.29, 0.717) is 30.9 Å². The molecule has 0 saturated carbocycles. The fourth-order valence-electron chi connectivity index (χ4n) is 2.86. The van der Waals surface area contributed by atoms with Gasteiger partial charge in [0.15, 0.2) is 18.1 Å². The number of hydrogen-bond donors (Lipinski definition) is 2. The van der Waals surface area contributed by atoms with Gasteiger partial charge in [-0.2, -0.15) is 0 Å². The summed E-state index contributed by atoms with van der Waals surface area (Å²) in [6.07, 6.45) is 1.11. The number of carbonyl (C=O) groups is 2. The fourth-order valence-corrected chi connectivity index (χ4v) is 2.86. The van der Waals surface area contributed by atoms with E-state index in [-0.39, 0.29) is 17.1 Å². The van der Waals surface area contributed by atoms with E-state index in [1.807, 2.05) is 25.1 Å². The van der Waals surface area contributed by atoms with Gasteiger partial charge in [-0.1, -0.05) is 6.07 Å². The van der Waals surface area contributed by atoms with Gasteiger partial charge >= 0.3 is 5.97 Å². The van der Waals surface area contributed by atoms with Gasteiger partial charge in [-0.15, -0.1) is 0 Å². The summed E-state index contributed by atoms with van der Waals surface area (Å²) in [5.41, 5.74) is 0.319. The first-order valence-electron chi connectivity index (χ1n) is 9.63. The lowest BCUT2D eigenvalue weighted by Crippen LogP contribution is -2.29. The molecule has 2 aromatic carbocycles. The minimum Gasteiger partial charge on any atom is -0.508 e. The van der Waals surface area contributed by atoms with E-state index < -0.39 is 23.8 Å². The number of aromatic hydroxyl groups is 2. The zero-order valence-corrected chi connectivity index (χ0v) is 17.7. The van der Waals surface area contributed by atoms with Gasteiger partial charge in [-0.3, -0.25) is 9.59 Å². The van der Waals surface area contributed by atoms with Crippen molar-refractivity contribution in [3.63, 3.8) is 0 Å². The number of carbonyl (C=O) groups excluding carboxylic acids is 2. The molecule has 0 fully saturated rings. The summed E-state index contributed by atoms with van der Waals surface area (Å²) in [4.78, 5) is 24.6. The second-order valence-corrected chi connectivity index (χ2v) is 7.73. The summed E-state index contributed by atoms with van der Waals surface area (Å²) in [7, 11) is 1.58. The van der Waals surface area contributed by atoms with Gasteiger partial charge in [-0.05, 0) is 63.4 Å². The zero-order chi connectivity index (χ0) is 22.3. The average molecular weight is 416 g/mol. The van der Waals surface area contributed by atoms with Crippen LogP contribution in [0.1, 0.15) is 42.6 Å². The smallest absolute Gasteiger partial charge is 0.311 e. The molecule has 0 aliphatic heterocycles. The van der Waals surface area contributed by atoms with Gasteiger partial charge in [0, 0.05) is 11.6 Å². The number of hydrogen-bond acceptors (Lipinski definition) is 7. The standard InChI is InChI=1S/C23H28O7/c1-15-6-7-20(28-4)21(10-15)29-9-5-8-23(2,3)22(27)30-14-19(26)16-11-17(24)13-18(25)12-16/h6-7,10-13,24-25H,5,8-9,14H2,1-4H3. The molecule has 0 atom stereocenters. The van der Waals surface area contributed by atoms with Crippen LogP contribution in [-0.2, 0) is 9.53 Å². The number of ketones is 1. The number of ether oxygens (including phenoxy) is 3. The lowest BCUT2D eigenvalue weighted by molar-refractivity contribution is -0.153.